The molecule has 0 aromatic heterocycles. The molecule has 0 aromatic carbocycles. The van der Waals surface area contributed by atoms with E-state index in [1.807, 2.05) is 6.92 Å². The van der Waals surface area contributed by atoms with Crippen LogP contribution in [0.15, 0.2) is 15.3 Å². The van der Waals surface area contributed by atoms with E-state index >= 15 is 0 Å². The summed E-state index contributed by atoms with van der Waals surface area (Å²) >= 11 is 0. The first-order valence-corrected chi connectivity index (χ1v) is 4.12. The van der Waals surface area contributed by atoms with Gasteiger partial charge in [0.05, 0.1) is 0 Å². The summed E-state index contributed by atoms with van der Waals surface area (Å²) in [7, 11) is 0. The van der Waals surface area contributed by atoms with Crippen LogP contribution in [0.25, 0.3) is 11.5 Å². The van der Waals surface area contributed by atoms with Gasteiger partial charge in [0, 0.05) is 0 Å². The molecule has 2 aliphatic rings. The molecule has 5 nitrogen and oxygen atoms in total. The van der Waals surface area contributed by atoms with Crippen LogP contribution in [-0.2, 0) is 0 Å². The maximum atomic E-state index is 11.4. The number of hydrogen-bond acceptors (Lipinski definition) is 5. The van der Waals surface area contributed by atoms with Gasteiger partial charge in [-0.3, -0.25) is 4.79 Å². The molecule has 0 saturated carbocycles. The summed E-state index contributed by atoms with van der Waals surface area (Å²) in [6.45, 7) is 3.60. The Hall–Kier alpha value is -1.91. The Balaban J connectivity index is 2.94. The van der Waals surface area contributed by atoms with Gasteiger partial charge < -0.3 is 10.2 Å². The topological polar surface area (TPSA) is 82.0 Å². The Morgan fingerprint density at radius 1 is 1.36 bits per heavy atom. The van der Waals surface area contributed by atoms with E-state index in [2.05, 4.69) is 9.97 Å². The van der Waals surface area contributed by atoms with Gasteiger partial charge >= 0.3 is 0 Å². The predicted molar refractivity (Wildman–Crippen MR) is 51.1 cm³/mol. The first kappa shape index (κ1) is 8.68. The highest BCUT2D eigenvalue weighted by Gasteiger charge is 2.15. The maximum Gasteiger partial charge on any atom is 0.286 e. The molecule has 0 aliphatic carbocycles. The van der Waals surface area contributed by atoms with E-state index in [-0.39, 0.29) is 11.8 Å². The van der Waals surface area contributed by atoms with Gasteiger partial charge in [-0.05, 0) is 25.5 Å². The van der Waals surface area contributed by atoms with Gasteiger partial charge in [-0.2, -0.15) is 9.97 Å². The van der Waals surface area contributed by atoms with Crippen LogP contribution in [0.3, 0.4) is 0 Å². The summed E-state index contributed by atoms with van der Waals surface area (Å²) in [5.41, 5.74) is 6.14. The molecule has 0 atom stereocenters. The van der Waals surface area contributed by atoms with Gasteiger partial charge in [0.1, 0.15) is 11.3 Å². The standard InChI is InChI=1S/C9H9N3O2/c1-4-3-5(2)14-8-6(4)7(13)11-9(10)12-8/h3H,1-2H3,(H2,10,11,13). The number of hydrogen-bond donors (Lipinski definition) is 1. The van der Waals surface area contributed by atoms with E-state index < -0.39 is 5.56 Å². The minimum atomic E-state index is -0.395. The highest BCUT2D eigenvalue weighted by atomic mass is 16.3. The largest absolute Gasteiger partial charge is 0.443 e. The number of aryl methyl sites for hydroxylation is 2. The van der Waals surface area contributed by atoms with Gasteiger partial charge in [-0.25, -0.2) is 0 Å². The number of rotatable bonds is 0. The zero-order valence-corrected chi connectivity index (χ0v) is 7.87. The molecule has 0 amide bonds. The normalized spacial score (nSPS) is 10.7. The second-order valence-electron chi connectivity index (χ2n) is 3.11. The monoisotopic (exact) mass is 191 g/mol. The number of fused-ring (bicyclic) bond motifs is 1. The van der Waals surface area contributed by atoms with Crippen molar-refractivity contribution in [2.75, 3.05) is 5.73 Å². The van der Waals surface area contributed by atoms with Crippen LogP contribution in [0.4, 0.5) is 5.95 Å². The summed E-state index contributed by atoms with van der Waals surface area (Å²) in [4.78, 5) is 18.8. The molecule has 5 heteroatoms. The van der Waals surface area contributed by atoms with Crippen LogP contribution < -0.4 is 11.3 Å². The van der Waals surface area contributed by atoms with E-state index in [0.29, 0.717) is 11.3 Å². The fourth-order valence-electron chi connectivity index (χ4n) is 1.41. The summed E-state index contributed by atoms with van der Waals surface area (Å²) in [5, 5.41) is 0. The van der Waals surface area contributed by atoms with Crippen LogP contribution in [-0.4, -0.2) is 9.97 Å². The van der Waals surface area contributed by atoms with Crippen molar-refractivity contribution >= 4 is 5.95 Å². The number of nitrogens with two attached hydrogens (primary N) is 1. The van der Waals surface area contributed by atoms with E-state index in [1.54, 1.807) is 13.0 Å². The molecule has 0 bridgehead atoms. The summed E-state index contributed by atoms with van der Waals surface area (Å²) in [6.07, 6.45) is 0. The van der Waals surface area contributed by atoms with Crippen molar-refractivity contribution in [2.24, 2.45) is 0 Å². The van der Waals surface area contributed by atoms with Crippen molar-refractivity contribution in [1.29, 1.82) is 0 Å². The van der Waals surface area contributed by atoms with Crippen LogP contribution in [0.1, 0.15) is 11.3 Å². The Bertz CT molecular complexity index is 518. The van der Waals surface area contributed by atoms with Crippen molar-refractivity contribution in [3.63, 3.8) is 0 Å². The molecule has 2 aliphatic heterocycles. The first-order chi connectivity index (χ1) is 6.58. The SMILES string of the molecule is Cc1cc(C)c2c(=O)nc(N)nc-2o1. The molecule has 2 heterocycles. The minimum absolute atomic E-state index is 0.0590. The second kappa shape index (κ2) is 2.80. The number of anilines is 1. The minimum Gasteiger partial charge on any atom is -0.443 e. The van der Waals surface area contributed by atoms with Crippen LogP contribution in [0.2, 0.25) is 0 Å². The van der Waals surface area contributed by atoms with Gasteiger partial charge in [-0.1, -0.05) is 0 Å². The predicted octanol–water partition coefficient (Wildman–Crippen LogP) is 0.734. The molecule has 14 heavy (non-hydrogen) atoms. The second-order valence-corrected chi connectivity index (χ2v) is 3.11. The average molecular weight is 191 g/mol. The molecule has 0 radical (unpaired) electrons. The van der Waals surface area contributed by atoms with Crippen molar-refractivity contribution in [3.8, 4) is 11.5 Å². The van der Waals surface area contributed by atoms with Crippen LogP contribution in [0, 0.1) is 13.8 Å². The van der Waals surface area contributed by atoms with Gasteiger partial charge in [0.15, 0.2) is 0 Å². The lowest BCUT2D eigenvalue weighted by molar-refractivity contribution is 0.512. The van der Waals surface area contributed by atoms with Crippen LogP contribution in [0.5, 0.6) is 0 Å². The lowest BCUT2D eigenvalue weighted by Crippen LogP contribution is -2.16. The Labute approximate surface area is 79.9 Å². The molecular weight excluding hydrogens is 182 g/mol. The highest BCUT2D eigenvalue weighted by molar-refractivity contribution is 5.59. The van der Waals surface area contributed by atoms with Crippen LogP contribution >= 0.6 is 0 Å². The third-order valence-corrected chi connectivity index (χ3v) is 1.93. The molecule has 72 valence electrons. The fraction of sp³-hybridized carbons (Fsp3) is 0.222. The quantitative estimate of drug-likeness (QED) is 0.663. The summed E-state index contributed by atoms with van der Waals surface area (Å²) in [6, 6.07) is 1.77. The molecule has 2 rings (SSSR count). The van der Waals surface area contributed by atoms with E-state index in [4.69, 9.17) is 10.2 Å². The average Bonchev–Trinajstić information content (AvgIpc) is 1.99. The smallest absolute Gasteiger partial charge is 0.286 e. The highest BCUT2D eigenvalue weighted by Crippen LogP contribution is 2.21. The summed E-state index contributed by atoms with van der Waals surface area (Å²) < 4.78 is 5.27. The Kier molecular flexibility index (Phi) is 1.73. The zero-order chi connectivity index (χ0) is 10.3. The van der Waals surface area contributed by atoms with Gasteiger partial charge in [-0.15, -0.1) is 0 Å². The molecule has 0 aromatic rings. The lowest BCUT2D eigenvalue weighted by Gasteiger charge is -2.06. The first-order valence-electron chi connectivity index (χ1n) is 4.12. The summed E-state index contributed by atoms with van der Waals surface area (Å²) in [5.74, 6) is 0.878. The molecular formula is C9H9N3O2. The molecule has 0 spiro atoms. The number of nitrogen functional groups attached to an aromatic ring is 1. The lowest BCUT2D eigenvalue weighted by atomic mass is 10.1. The Morgan fingerprint density at radius 2 is 2.07 bits per heavy atom. The molecule has 0 fully saturated rings. The van der Waals surface area contributed by atoms with E-state index in [1.165, 1.54) is 0 Å². The molecule has 2 N–H and O–H groups in total. The van der Waals surface area contributed by atoms with E-state index in [0.717, 1.165) is 5.56 Å². The molecule has 0 unspecified atom stereocenters. The third-order valence-electron chi connectivity index (χ3n) is 1.93. The molecule has 0 saturated heterocycles. The number of aromatic nitrogens is 2. The zero-order valence-electron chi connectivity index (χ0n) is 7.87. The van der Waals surface area contributed by atoms with Gasteiger partial charge in [0.2, 0.25) is 11.8 Å². The Morgan fingerprint density at radius 3 is 2.79 bits per heavy atom. The van der Waals surface area contributed by atoms with Crippen molar-refractivity contribution in [3.05, 3.63) is 27.7 Å². The number of nitrogens with zero attached hydrogens (tertiary/aromatic N) is 2. The maximum absolute atomic E-state index is 11.4. The fourth-order valence-corrected chi connectivity index (χ4v) is 1.41. The third kappa shape index (κ3) is 1.22. The van der Waals surface area contributed by atoms with E-state index in [9.17, 15) is 4.79 Å². The van der Waals surface area contributed by atoms with Crippen molar-refractivity contribution < 1.29 is 4.42 Å². The van der Waals surface area contributed by atoms with Crippen molar-refractivity contribution in [1.82, 2.24) is 9.97 Å². The van der Waals surface area contributed by atoms with Gasteiger partial charge in [0.25, 0.3) is 5.56 Å². The van der Waals surface area contributed by atoms with Crippen molar-refractivity contribution in [2.45, 2.75) is 13.8 Å².